The van der Waals surface area contributed by atoms with E-state index in [1.165, 1.54) is 11.3 Å². The minimum absolute atomic E-state index is 0.825. The highest BCUT2D eigenvalue weighted by Crippen LogP contribution is 2.11. The lowest BCUT2D eigenvalue weighted by Gasteiger charge is -2.22. The average molecular weight is 314 g/mol. The fourth-order valence-corrected chi connectivity index (χ4v) is 2.47. The Balaban J connectivity index is 1.83. The molecule has 1 aromatic carbocycles. The van der Waals surface area contributed by atoms with Crippen LogP contribution in [0.25, 0.3) is 0 Å². The second-order valence-corrected chi connectivity index (χ2v) is 5.54. The van der Waals surface area contributed by atoms with Gasteiger partial charge in [-0.25, -0.2) is 0 Å². The highest BCUT2D eigenvalue weighted by Gasteiger charge is 2.08. The second kappa shape index (κ2) is 8.27. The Bertz CT molecular complexity index is 631. The first-order valence-corrected chi connectivity index (χ1v) is 7.79. The topological polar surface area (TPSA) is 41.8 Å². The minimum Gasteiger partial charge on any atom is -0.497 e. The number of nitrogens with one attached hydrogen (secondary N) is 1. The zero-order valence-corrected chi connectivity index (χ0v) is 14.4. The van der Waals surface area contributed by atoms with Gasteiger partial charge in [-0.3, -0.25) is 4.99 Å². The average Bonchev–Trinajstić information content (AvgIpc) is 2.97. The molecule has 0 saturated heterocycles. The fraction of sp³-hybridized carbons (Fsp3) is 0.389. The van der Waals surface area contributed by atoms with Crippen LogP contribution in [0.4, 0.5) is 0 Å². The normalized spacial score (nSPS) is 11.4. The van der Waals surface area contributed by atoms with Crippen molar-refractivity contribution in [1.29, 1.82) is 0 Å². The Labute approximate surface area is 138 Å². The van der Waals surface area contributed by atoms with Crippen molar-refractivity contribution in [2.45, 2.75) is 13.0 Å². The van der Waals surface area contributed by atoms with Crippen LogP contribution in [0.3, 0.4) is 0 Å². The highest BCUT2D eigenvalue weighted by atomic mass is 16.5. The van der Waals surface area contributed by atoms with E-state index < -0.39 is 0 Å². The summed E-state index contributed by atoms with van der Waals surface area (Å²) in [5.41, 5.74) is 2.53. The predicted molar refractivity (Wildman–Crippen MR) is 94.9 cm³/mol. The number of hydrogen-bond donors (Lipinski definition) is 1. The monoisotopic (exact) mass is 314 g/mol. The number of hydrogen-bond acceptors (Lipinski definition) is 2. The van der Waals surface area contributed by atoms with Crippen LogP contribution in [0.5, 0.6) is 5.75 Å². The van der Waals surface area contributed by atoms with Crippen molar-refractivity contribution < 1.29 is 4.74 Å². The smallest absolute Gasteiger partial charge is 0.193 e. The third-order valence-electron chi connectivity index (χ3n) is 3.88. The maximum atomic E-state index is 5.18. The van der Waals surface area contributed by atoms with Gasteiger partial charge in [-0.05, 0) is 36.2 Å². The van der Waals surface area contributed by atoms with E-state index in [9.17, 15) is 0 Å². The van der Waals surface area contributed by atoms with E-state index in [4.69, 9.17) is 4.74 Å². The molecule has 0 unspecified atom stereocenters. The summed E-state index contributed by atoms with van der Waals surface area (Å²) >= 11 is 0. The van der Waals surface area contributed by atoms with Crippen molar-refractivity contribution in [3.8, 4) is 5.75 Å². The van der Waals surface area contributed by atoms with Gasteiger partial charge in [-0.2, -0.15) is 0 Å². The zero-order chi connectivity index (χ0) is 16.7. The molecule has 5 nitrogen and oxygen atoms in total. The standard InChI is InChI=1S/C18H26N4O/c1-19-18(22(3)14-16-6-5-13-21(16)2)20-12-11-15-7-9-17(23-4)10-8-15/h5-10,13H,11-12,14H2,1-4H3,(H,19,20). The van der Waals surface area contributed by atoms with Crippen LogP contribution in [0.15, 0.2) is 47.6 Å². The first kappa shape index (κ1) is 16.9. The third-order valence-corrected chi connectivity index (χ3v) is 3.88. The maximum Gasteiger partial charge on any atom is 0.193 e. The van der Waals surface area contributed by atoms with E-state index >= 15 is 0 Å². The molecule has 1 aromatic heterocycles. The van der Waals surface area contributed by atoms with Gasteiger partial charge < -0.3 is 19.5 Å². The van der Waals surface area contributed by atoms with Gasteiger partial charge in [0.05, 0.1) is 13.7 Å². The van der Waals surface area contributed by atoms with Crippen LogP contribution in [-0.4, -0.2) is 43.2 Å². The molecule has 0 bridgehead atoms. The summed E-state index contributed by atoms with van der Waals surface area (Å²) in [4.78, 5) is 6.49. The lowest BCUT2D eigenvalue weighted by atomic mass is 10.1. The number of methoxy groups -OCH3 is 1. The molecule has 23 heavy (non-hydrogen) atoms. The molecule has 0 saturated carbocycles. The Kier molecular flexibility index (Phi) is 6.09. The summed E-state index contributed by atoms with van der Waals surface area (Å²) < 4.78 is 7.30. The van der Waals surface area contributed by atoms with E-state index in [2.05, 4.69) is 64.3 Å². The Morgan fingerprint density at radius 1 is 1.26 bits per heavy atom. The van der Waals surface area contributed by atoms with Crippen molar-refractivity contribution in [2.75, 3.05) is 27.7 Å². The number of benzene rings is 1. The van der Waals surface area contributed by atoms with Crippen LogP contribution < -0.4 is 10.1 Å². The fourth-order valence-electron chi connectivity index (χ4n) is 2.47. The molecule has 0 aliphatic heterocycles. The van der Waals surface area contributed by atoms with Crippen molar-refractivity contribution in [1.82, 2.24) is 14.8 Å². The molecular formula is C18H26N4O. The van der Waals surface area contributed by atoms with Gasteiger partial charge in [0.15, 0.2) is 5.96 Å². The van der Waals surface area contributed by atoms with E-state index in [0.717, 1.165) is 31.2 Å². The van der Waals surface area contributed by atoms with Crippen LogP contribution in [0.2, 0.25) is 0 Å². The van der Waals surface area contributed by atoms with Gasteiger partial charge in [0, 0.05) is 39.6 Å². The Morgan fingerprint density at radius 2 is 2.00 bits per heavy atom. The van der Waals surface area contributed by atoms with Crippen LogP contribution in [-0.2, 0) is 20.0 Å². The molecule has 0 aliphatic rings. The summed E-state index contributed by atoms with van der Waals surface area (Å²) in [5.74, 6) is 1.79. The van der Waals surface area contributed by atoms with Gasteiger partial charge >= 0.3 is 0 Å². The molecule has 0 spiro atoms. The Hall–Kier alpha value is -2.43. The van der Waals surface area contributed by atoms with Crippen LogP contribution in [0, 0.1) is 0 Å². The summed E-state index contributed by atoms with van der Waals surface area (Å²) in [6, 6.07) is 12.4. The lowest BCUT2D eigenvalue weighted by molar-refractivity contribution is 0.414. The predicted octanol–water partition coefficient (Wildman–Crippen LogP) is 2.28. The van der Waals surface area contributed by atoms with E-state index in [0.29, 0.717) is 0 Å². The number of guanidine groups is 1. The number of aliphatic imine (C=N–C) groups is 1. The Morgan fingerprint density at radius 3 is 2.57 bits per heavy atom. The van der Waals surface area contributed by atoms with Gasteiger partial charge in [-0.15, -0.1) is 0 Å². The van der Waals surface area contributed by atoms with Crippen molar-refractivity contribution in [3.63, 3.8) is 0 Å². The number of aryl methyl sites for hydroxylation is 1. The summed E-state index contributed by atoms with van der Waals surface area (Å²) in [7, 11) is 7.61. The second-order valence-electron chi connectivity index (χ2n) is 5.54. The van der Waals surface area contributed by atoms with E-state index in [1.807, 2.05) is 19.2 Å². The van der Waals surface area contributed by atoms with E-state index in [1.54, 1.807) is 7.11 Å². The highest BCUT2D eigenvalue weighted by molar-refractivity contribution is 5.79. The molecule has 0 aliphatic carbocycles. The SMILES string of the molecule is CN=C(NCCc1ccc(OC)cc1)N(C)Cc1cccn1C. The van der Waals surface area contributed by atoms with Gasteiger partial charge in [-0.1, -0.05) is 12.1 Å². The number of ether oxygens (including phenoxy) is 1. The molecule has 2 rings (SSSR count). The summed E-state index contributed by atoms with van der Waals surface area (Å²) in [6.07, 6.45) is 3.00. The third kappa shape index (κ3) is 4.77. The van der Waals surface area contributed by atoms with Gasteiger partial charge in [0.2, 0.25) is 0 Å². The molecule has 0 atom stereocenters. The first-order valence-electron chi connectivity index (χ1n) is 7.79. The molecule has 0 amide bonds. The first-order chi connectivity index (χ1) is 11.1. The summed E-state index contributed by atoms with van der Waals surface area (Å²) in [5, 5.41) is 3.41. The molecule has 0 radical (unpaired) electrons. The number of rotatable bonds is 6. The number of nitrogens with zero attached hydrogens (tertiary/aromatic N) is 3. The number of aromatic nitrogens is 1. The molecule has 2 aromatic rings. The quantitative estimate of drug-likeness (QED) is 0.657. The largest absolute Gasteiger partial charge is 0.497 e. The molecule has 1 N–H and O–H groups in total. The molecular weight excluding hydrogens is 288 g/mol. The van der Waals surface area contributed by atoms with Gasteiger partial charge in [0.25, 0.3) is 0 Å². The zero-order valence-electron chi connectivity index (χ0n) is 14.4. The van der Waals surface area contributed by atoms with Crippen LogP contribution in [0.1, 0.15) is 11.3 Å². The van der Waals surface area contributed by atoms with Gasteiger partial charge in [0.1, 0.15) is 5.75 Å². The van der Waals surface area contributed by atoms with Crippen molar-refractivity contribution in [3.05, 3.63) is 53.9 Å². The molecule has 0 fully saturated rings. The lowest BCUT2D eigenvalue weighted by Crippen LogP contribution is -2.39. The van der Waals surface area contributed by atoms with Crippen molar-refractivity contribution >= 4 is 5.96 Å². The minimum atomic E-state index is 0.825. The van der Waals surface area contributed by atoms with E-state index in [-0.39, 0.29) is 0 Å². The van der Waals surface area contributed by atoms with Crippen LogP contribution >= 0.6 is 0 Å². The summed E-state index contributed by atoms with van der Waals surface area (Å²) in [6.45, 7) is 1.67. The molecule has 1 heterocycles. The van der Waals surface area contributed by atoms with Crippen molar-refractivity contribution in [2.24, 2.45) is 12.0 Å². The maximum absolute atomic E-state index is 5.18. The molecule has 5 heteroatoms. The molecule has 124 valence electrons.